The summed E-state index contributed by atoms with van der Waals surface area (Å²) in [6.45, 7) is 0. The van der Waals surface area contributed by atoms with Crippen LogP contribution in [0.25, 0.3) is 11.1 Å². The van der Waals surface area contributed by atoms with Gasteiger partial charge < -0.3 is 24.8 Å². The summed E-state index contributed by atoms with van der Waals surface area (Å²) in [5.74, 6) is -0.394. The van der Waals surface area contributed by atoms with Crippen molar-refractivity contribution in [1.82, 2.24) is 0 Å². The Morgan fingerprint density at radius 1 is 0.667 bits per heavy atom. The Kier molecular flexibility index (Phi) is 7.97. The van der Waals surface area contributed by atoms with Gasteiger partial charge in [-0.25, -0.2) is 0 Å². The Morgan fingerprint density at radius 3 is 1.52 bits per heavy atom. The largest absolute Gasteiger partial charge is 1.00 e. The number of hydrogen-bond acceptors (Lipinski definition) is 0. The van der Waals surface area contributed by atoms with E-state index in [0.29, 0.717) is 0 Å². The van der Waals surface area contributed by atoms with Crippen LogP contribution < -0.4 is 24.8 Å². The number of rotatable bonds is 4. The van der Waals surface area contributed by atoms with E-state index in [0.717, 1.165) is 24.0 Å². The van der Waals surface area contributed by atoms with E-state index < -0.39 is 23.2 Å². The molecule has 0 radical (unpaired) electrons. The van der Waals surface area contributed by atoms with E-state index in [4.69, 9.17) is 0 Å². The molecule has 0 bridgehead atoms. The summed E-state index contributed by atoms with van der Waals surface area (Å²) in [5, 5.41) is 0. The van der Waals surface area contributed by atoms with Gasteiger partial charge in [0.25, 0.3) is 0 Å². The molecule has 27 heavy (non-hydrogen) atoms. The zero-order valence-electron chi connectivity index (χ0n) is 14.4. The first-order valence-electron chi connectivity index (χ1n) is 8.29. The predicted octanol–water partition coefficient (Wildman–Crippen LogP) is 0.0975. The minimum Gasteiger partial charge on any atom is -1.00 e. The molecule has 5 heteroatoms. The van der Waals surface area contributed by atoms with Gasteiger partial charge in [-0.1, -0.05) is 0 Å². The summed E-state index contributed by atoms with van der Waals surface area (Å²) in [6.07, 6.45) is 10.5. The smallest absolute Gasteiger partial charge is 1.00 e. The third-order valence-electron chi connectivity index (χ3n) is 4.44. The minimum atomic E-state index is -0.986. The second-order valence-corrected chi connectivity index (χ2v) is 9.72. The van der Waals surface area contributed by atoms with Crippen LogP contribution in [0.3, 0.4) is 0 Å². The van der Waals surface area contributed by atoms with E-state index in [2.05, 4.69) is 24.3 Å². The van der Waals surface area contributed by atoms with E-state index in [1.54, 1.807) is 24.3 Å². The molecule has 2 aromatic carbocycles. The molecule has 2 aromatic rings. The van der Waals surface area contributed by atoms with Crippen LogP contribution in [-0.4, -0.2) is 0 Å². The van der Waals surface area contributed by atoms with Gasteiger partial charge in [0.15, 0.2) is 0 Å². The van der Waals surface area contributed by atoms with Gasteiger partial charge in [-0.2, -0.15) is 0 Å². The molecule has 2 aliphatic rings. The number of halogens is 4. The Hall–Kier alpha value is -1.28. The van der Waals surface area contributed by atoms with Gasteiger partial charge in [0.05, 0.1) is 0 Å². The third-order valence-corrected chi connectivity index (χ3v) is 8.25. The van der Waals surface area contributed by atoms with E-state index in [-0.39, 0.29) is 36.4 Å². The van der Waals surface area contributed by atoms with Crippen LogP contribution in [-0.2, 0) is 23.2 Å². The Bertz CT molecular complexity index is 881. The molecule has 0 N–H and O–H groups in total. The number of allylic oxidation sites excluding steroid dienone is 8. The maximum atomic E-state index is 13.6. The van der Waals surface area contributed by atoms with Crippen LogP contribution in [0, 0.1) is 11.6 Å². The minimum absolute atomic E-state index is 0. The molecule has 0 fully saturated rings. The molecule has 136 valence electrons. The molecular weight excluding hydrogens is 464 g/mol. The monoisotopic (exact) mass is 478 g/mol. The molecule has 0 heterocycles. The molecule has 0 aromatic heterocycles. The standard InChI is InChI=1S/2C11H8F.2ClH.Zr/c2*12-11-7-3-6-10(8-11)9-4-1-2-5-9;;;/h2*1,3-4,6-8H,2H2;2*1H;/q;;;;+2/p-2. The first-order valence-corrected chi connectivity index (χ1v) is 10.7. The van der Waals surface area contributed by atoms with Gasteiger partial charge in [-0.15, -0.1) is 0 Å². The average molecular weight is 480 g/mol. The molecule has 2 aliphatic carbocycles. The average Bonchev–Trinajstić information content (AvgIpc) is 3.25. The fourth-order valence-electron chi connectivity index (χ4n) is 3.28. The molecule has 0 atom stereocenters. The summed E-state index contributed by atoms with van der Waals surface area (Å²) in [4.78, 5) is 0. The summed E-state index contributed by atoms with van der Waals surface area (Å²) >= 11 is -0.986. The maximum Gasteiger partial charge on any atom is -1.00 e. The molecular formula is C22H16Cl2F2Zr. The Labute approximate surface area is 182 Å². The summed E-state index contributed by atoms with van der Waals surface area (Å²) in [7, 11) is 0. The molecule has 0 saturated carbocycles. The molecule has 0 amide bonds. The SMILES string of the molecule is Fc1cccc(C2=[C]([Zr+2][C]3=C(c4cccc(F)c4)C=CC3)CC=C2)c1.[Cl-].[Cl-]. The first-order chi connectivity index (χ1) is 12.2. The molecule has 4 rings (SSSR count). The number of benzene rings is 2. The van der Waals surface area contributed by atoms with Gasteiger partial charge in [0.2, 0.25) is 0 Å². The third kappa shape index (κ3) is 4.96. The van der Waals surface area contributed by atoms with Crippen molar-refractivity contribution in [3.8, 4) is 0 Å². The van der Waals surface area contributed by atoms with Gasteiger partial charge >= 0.3 is 158 Å². The van der Waals surface area contributed by atoms with Gasteiger partial charge in [-0.3, -0.25) is 0 Å². The van der Waals surface area contributed by atoms with Crippen molar-refractivity contribution in [1.29, 1.82) is 0 Å². The van der Waals surface area contributed by atoms with Crippen LogP contribution in [0.1, 0.15) is 24.0 Å². The normalized spacial score (nSPS) is 14.9. The van der Waals surface area contributed by atoms with Crippen molar-refractivity contribution >= 4 is 11.1 Å². The van der Waals surface area contributed by atoms with Crippen molar-refractivity contribution in [2.24, 2.45) is 0 Å². The maximum absolute atomic E-state index is 13.6. The topological polar surface area (TPSA) is 0 Å². The molecule has 0 nitrogen and oxygen atoms in total. The fourth-order valence-corrected chi connectivity index (χ4v) is 7.04. The van der Waals surface area contributed by atoms with E-state index >= 15 is 0 Å². The van der Waals surface area contributed by atoms with Crippen molar-refractivity contribution in [3.63, 3.8) is 0 Å². The molecule has 0 spiro atoms. The molecule has 0 saturated heterocycles. The van der Waals surface area contributed by atoms with Crippen molar-refractivity contribution in [2.75, 3.05) is 0 Å². The van der Waals surface area contributed by atoms with Crippen LogP contribution in [0.15, 0.2) is 79.4 Å². The summed E-state index contributed by atoms with van der Waals surface area (Å²) < 4.78 is 30.1. The van der Waals surface area contributed by atoms with Crippen LogP contribution in [0.5, 0.6) is 0 Å². The first kappa shape index (κ1) is 22.0. The van der Waals surface area contributed by atoms with E-state index in [1.807, 2.05) is 12.1 Å². The van der Waals surface area contributed by atoms with Crippen molar-refractivity contribution in [2.45, 2.75) is 12.8 Å². The van der Waals surface area contributed by atoms with Gasteiger partial charge in [0, 0.05) is 0 Å². The fraction of sp³-hybridized carbons (Fsp3) is 0.0909. The summed E-state index contributed by atoms with van der Waals surface area (Å²) in [5.41, 5.74) is 4.29. The van der Waals surface area contributed by atoms with E-state index in [9.17, 15) is 8.78 Å². The van der Waals surface area contributed by atoms with Crippen LogP contribution >= 0.6 is 0 Å². The van der Waals surface area contributed by atoms with Crippen LogP contribution in [0.4, 0.5) is 8.78 Å². The number of hydrogen-bond donors (Lipinski definition) is 0. The van der Waals surface area contributed by atoms with Crippen LogP contribution in [0.2, 0.25) is 0 Å². The second-order valence-electron chi connectivity index (χ2n) is 6.14. The van der Waals surface area contributed by atoms with Gasteiger partial charge in [-0.05, 0) is 0 Å². The Balaban J connectivity index is 0.00000131. The Morgan fingerprint density at radius 2 is 1.11 bits per heavy atom. The van der Waals surface area contributed by atoms with Crippen molar-refractivity contribution < 1.29 is 56.8 Å². The zero-order valence-corrected chi connectivity index (χ0v) is 18.3. The molecule has 0 unspecified atom stereocenters. The van der Waals surface area contributed by atoms with E-state index in [1.165, 1.54) is 29.8 Å². The summed E-state index contributed by atoms with van der Waals surface area (Å²) in [6, 6.07) is 13.7. The predicted molar refractivity (Wildman–Crippen MR) is 94.2 cm³/mol. The molecule has 0 aliphatic heterocycles. The van der Waals surface area contributed by atoms with Crippen molar-refractivity contribution in [3.05, 3.63) is 102 Å². The second kappa shape index (κ2) is 9.78. The quantitative estimate of drug-likeness (QED) is 0.583. The van der Waals surface area contributed by atoms with Gasteiger partial charge in [0.1, 0.15) is 0 Å². The zero-order chi connectivity index (χ0) is 17.2.